The van der Waals surface area contributed by atoms with E-state index in [1.807, 2.05) is 24.3 Å². The Balaban J connectivity index is 2.40. The normalized spacial score (nSPS) is 11.9. The van der Waals surface area contributed by atoms with Gasteiger partial charge in [0.2, 0.25) is 11.8 Å². The molecule has 5 nitrogen and oxygen atoms in total. The number of hydrogen-bond acceptors (Lipinski definition) is 3. The summed E-state index contributed by atoms with van der Waals surface area (Å²) < 4.78 is 0. The highest BCUT2D eigenvalue weighted by atomic mass is 16.3. The van der Waals surface area contributed by atoms with Gasteiger partial charge in [-0.15, -0.1) is 0 Å². The molecule has 0 saturated heterocycles. The third-order valence-electron chi connectivity index (χ3n) is 3.03. The molecular weight excluding hydrogens is 256 g/mol. The SMILES string of the molecule is CCCCc1ccc(CC(=O)NCC(O)C(N)=O)cc1. The number of nitrogens with two attached hydrogens (primary N) is 1. The van der Waals surface area contributed by atoms with Crippen molar-refractivity contribution in [3.05, 3.63) is 35.4 Å². The van der Waals surface area contributed by atoms with E-state index in [-0.39, 0.29) is 18.9 Å². The number of rotatable bonds is 8. The summed E-state index contributed by atoms with van der Waals surface area (Å²) in [6.45, 7) is 2.00. The molecule has 1 rings (SSSR count). The maximum Gasteiger partial charge on any atom is 0.248 e. The van der Waals surface area contributed by atoms with E-state index in [1.165, 1.54) is 5.56 Å². The molecule has 0 spiro atoms. The summed E-state index contributed by atoms with van der Waals surface area (Å²) in [5.74, 6) is -1.09. The lowest BCUT2D eigenvalue weighted by atomic mass is 10.0. The van der Waals surface area contributed by atoms with Crippen molar-refractivity contribution in [3.8, 4) is 0 Å². The molecule has 0 fully saturated rings. The molecule has 0 heterocycles. The van der Waals surface area contributed by atoms with Crippen LogP contribution in [-0.2, 0) is 22.4 Å². The van der Waals surface area contributed by atoms with Crippen LogP contribution in [0.25, 0.3) is 0 Å². The number of aliphatic hydroxyl groups is 1. The van der Waals surface area contributed by atoms with Gasteiger partial charge >= 0.3 is 0 Å². The summed E-state index contributed by atoms with van der Waals surface area (Å²) in [5, 5.41) is 11.6. The van der Waals surface area contributed by atoms with Crippen LogP contribution in [0, 0.1) is 0 Å². The van der Waals surface area contributed by atoms with Crippen LogP contribution in [0.4, 0.5) is 0 Å². The number of primary amides is 1. The fourth-order valence-electron chi connectivity index (χ4n) is 1.76. The monoisotopic (exact) mass is 278 g/mol. The first-order valence-electron chi connectivity index (χ1n) is 6.84. The Hall–Kier alpha value is -1.88. The highest BCUT2D eigenvalue weighted by Crippen LogP contribution is 2.08. The minimum absolute atomic E-state index is 0.150. The van der Waals surface area contributed by atoms with Gasteiger partial charge in [-0.2, -0.15) is 0 Å². The lowest BCUT2D eigenvalue weighted by Gasteiger charge is -2.09. The second-order valence-electron chi connectivity index (χ2n) is 4.82. The Kier molecular flexibility index (Phi) is 6.73. The molecule has 20 heavy (non-hydrogen) atoms. The van der Waals surface area contributed by atoms with Gasteiger partial charge in [0.05, 0.1) is 13.0 Å². The zero-order chi connectivity index (χ0) is 15.0. The number of amides is 2. The van der Waals surface area contributed by atoms with E-state index in [0.29, 0.717) is 0 Å². The molecule has 5 heteroatoms. The first kappa shape index (κ1) is 16.2. The number of carbonyl (C=O) groups excluding carboxylic acids is 2. The molecular formula is C15H22N2O3. The van der Waals surface area contributed by atoms with Crippen molar-refractivity contribution in [2.24, 2.45) is 5.73 Å². The van der Waals surface area contributed by atoms with Crippen LogP contribution in [0.1, 0.15) is 30.9 Å². The quantitative estimate of drug-likeness (QED) is 0.648. The summed E-state index contributed by atoms with van der Waals surface area (Å²) in [6, 6.07) is 7.90. The third kappa shape index (κ3) is 5.84. The Labute approximate surface area is 119 Å². The van der Waals surface area contributed by atoms with Crippen LogP contribution in [0.15, 0.2) is 24.3 Å². The van der Waals surface area contributed by atoms with E-state index in [2.05, 4.69) is 12.2 Å². The highest BCUT2D eigenvalue weighted by molar-refractivity contribution is 5.81. The van der Waals surface area contributed by atoms with Gasteiger partial charge in [0.1, 0.15) is 6.10 Å². The van der Waals surface area contributed by atoms with E-state index >= 15 is 0 Å². The van der Waals surface area contributed by atoms with Crippen LogP contribution >= 0.6 is 0 Å². The minimum Gasteiger partial charge on any atom is -0.381 e. The van der Waals surface area contributed by atoms with Gasteiger partial charge < -0.3 is 16.2 Å². The maximum atomic E-state index is 11.6. The topological polar surface area (TPSA) is 92.4 Å². The molecule has 0 aliphatic heterocycles. The number of hydrogen-bond donors (Lipinski definition) is 3. The van der Waals surface area contributed by atoms with Crippen molar-refractivity contribution >= 4 is 11.8 Å². The molecule has 1 atom stereocenters. The fraction of sp³-hybridized carbons (Fsp3) is 0.467. The lowest BCUT2D eigenvalue weighted by Crippen LogP contribution is -2.40. The lowest BCUT2D eigenvalue weighted by molar-refractivity contribution is -0.126. The first-order chi connectivity index (χ1) is 9.52. The van der Waals surface area contributed by atoms with Crippen molar-refractivity contribution in [2.75, 3.05) is 6.54 Å². The Morgan fingerprint density at radius 1 is 1.25 bits per heavy atom. The van der Waals surface area contributed by atoms with E-state index < -0.39 is 12.0 Å². The molecule has 1 aromatic rings. The van der Waals surface area contributed by atoms with Gasteiger partial charge in [-0.25, -0.2) is 0 Å². The molecule has 0 aliphatic rings. The maximum absolute atomic E-state index is 11.6. The number of nitrogens with one attached hydrogen (secondary N) is 1. The summed E-state index contributed by atoms with van der Waals surface area (Å²) >= 11 is 0. The molecule has 0 aliphatic carbocycles. The molecule has 1 unspecified atom stereocenters. The summed E-state index contributed by atoms with van der Waals surface area (Å²) in [6.07, 6.45) is 2.25. The highest BCUT2D eigenvalue weighted by Gasteiger charge is 2.12. The van der Waals surface area contributed by atoms with Crippen molar-refractivity contribution in [2.45, 2.75) is 38.7 Å². The summed E-state index contributed by atoms with van der Waals surface area (Å²) in [4.78, 5) is 22.2. The van der Waals surface area contributed by atoms with E-state index in [1.54, 1.807) is 0 Å². The van der Waals surface area contributed by atoms with Crippen molar-refractivity contribution in [1.82, 2.24) is 5.32 Å². The van der Waals surface area contributed by atoms with Crippen LogP contribution in [-0.4, -0.2) is 29.6 Å². The molecule has 2 amide bonds. The van der Waals surface area contributed by atoms with E-state index in [0.717, 1.165) is 24.8 Å². The molecule has 0 aromatic heterocycles. The van der Waals surface area contributed by atoms with Gasteiger partial charge in [-0.3, -0.25) is 9.59 Å². The van der Waals surface area contributed by atoms with Crippen LogP contribution in [0.3, 0.4) is 0 Å². The average molecular weight is 278 g/mol. The Bertz CT molecular complexity index is 443. The zero-order valence-electron chi connectivity index (χ0n) is 11.8. The molecule has 1 aromatic carbocycles. The molecule has 0 saturated carbocycles. The second-order valence-corrected chi connectivity index (χ2v) is 4.82. The number of carbonyl (C=O) groups is 2. The molecule has 0 radical (unpaired) electrons. The molecule has 110 valence electrons. The predicted octanol–water partition coefficient (Wildman–Crippen LogP) is 0.534. The van der Waals surface area contributed by atoms with Gasteiger partial charge in [-0.1, -0.05) is 37.6 Å². The summed E-state index contributed by atoms with van der Waals surface area (Å²) in [5.41, 5.74) is 7.05. The Morgan fingerprint density at radius 3 is 2.40 bits per heavy atom. The summed E-state index contributed by atoms with van der Waals surface area (Å²) in [7, 11) is 0. The van der Waals surface area contributed by atoms with Gasteiger partial charge in [0.15, 0.2) is 0 Å². The number of benzene rings is 1. The number of unbranched alkanes of at least 4 members (excludes halogenated alkanes) is 1. The first-order valence-corrected chi connectivity index (χ1v) is 6.84. The predicted molar refractivity (Wildman–Crippen MR) is 77.0 cm³/mol. The van der Waals surface area contributed by atoms with Gasteiger partial charge in [0.25, 0.3) is 0 Å². The van der Waals surface area contributed by atoms with Crippen molar-refractivity contribution in [1.29, 1.82) is 0 Å². The standard InChI is InChI=1S/C15H22N2O3/c1-2-3-4-11-5-7-12(8-6-11)9-14(19)17-10-13(18)15(16)20/h5-8,13,18H,2-4,9-10H2,1H3,(H2,16,20)(H,17,19). The third-order valence-corrected chi connectivity index (χ3v) is 3.03. The average Bonchev–Trinajstić information content (AvgIpc) is 2.44. The van der Waals surface area contributed by atoms with Crippen molar-refractivity contribution < 1.29 is 14.7 Å². The van der Waals surface area contributed by atoms with Crippen LogP contribution in [0.2, 0.25) is 0 Å². The van der Waals surface area contributed by atoms with Crippen LogP contribution in [0.5, 0.6) is 0 Å². The Morgan fingerprint density at radius 2 is 1.85 bits per heavy atom. The minimum atomic E-state index is -1.34. The number of aryl methyl sites for hydroxylation is 1. The zero-order valence-corrected chi connectivity index (χ0v) is 11.8. The van der Waals surface area contributed by atoms with Crippen molar-refractivity contribution in [3.63, 3.8) is 0 Å². The number of aliphatic hydroxyl groups excluding tert-OH is 1. The van der Waals surface area contributed by atoms with E-state index in [4.69, 9.17) is 5.73 Å². The smallest absolute Gasteiger partial charge is 0.248 e. The largest absolute Gasteiger partial charge is 0.381 e. The second kappa shape index (κ2) is 8.32. The molecule has 4 N–H and O–H groups in total. The van der Waals surface area contributed by atoms with E-state index in [9.17, 15) is 14.7 Å². The molecule has 0 bridgehead atoms. The van der Waals surface area contributed by atoms with Gasteiger partial charge in [-0.05, 0) is 24.0 Å². The van der Waals surface area contributed by atoms with Crippen LogP contribution < -0.4 is 11.1 Å². The fourth-order valence-corrected chi connectivity index (χ4v) is 1.76. The van der Waals surface area contributed by atoms with Gasteiger partial charge in [0, 0.05) is 0 Å².